The Labute approximate surface area is 119 Å². The monoisotopic (exact) mass is 296 g/mol. The van der Waals surface area contributed by atoms with Crippen molar-refractivity contribution in [1.29, 1.82) is 0 Å². The van der Waals surface area contributed by atoms with E-state index in [2.05, 4.69) is 16.0 Å². The highest BCUT2D eigenvalue weighted by Crippen LogP contribution is 2.27. The van der Waals surface area contributed by atoms with E-state index < -0.39 is 16.1 Å². The van der Waals surface area contributed by atoms with Gasteiger partial charge in [0, 0.05) is 12.5 Å². The minimum atomic E-state index is -4.12. The Morgan fingerprint density at radius 1 is 1.35 bits per heavy atom. The summed E-state index contributed by atoms with van der Waals surface area (Å²) < 4.78 is 33.8. The van der Waals surface area contributed by atoms with E-state index in [9.17, 15) is 13.2 Å². The number of rotatable bonds is 5. The van der Waals surface area contributed by atoms with Gasteiger partial charge in [-0.3, -0.25) is 4.79 Å². The third-order valence-electron chi connectivity index (χ3n) is 2.42. The zero-order valence-corrected chi connectivity index (χ0v) is 12.4. The molecule has 20 heavy (non-hydrogen) atoms. The van der Waals surface area contributed by atoms with E-state index in [4.69, 9.17) is 4.74 Å². The summed E-state index contributed by atoms with van der Waals surface area (Å²) >= 11 is 0. The van der Waals surface area contributed by atoms with E-state index in [1.54, 1.807) is 19.9 Å². The van der Waals surface area contributed by atoms with Gasteiger partial charge in [-0.05, 0) is 25.5 Å². The fourth-order valence-electron chi connectivity index (χ4n) is 1.65. The molecule has 0 radical (unpaired) electrons. The van der Waals surface area contributed by atoms with Crippen LogP contribution in [0.3, 0.4) is 0 Å². The van der Waals surface area contributed by atoms with Crippen molar-refractivity contribution in [3.05, 3.63) is 23.8 Å². The maximum absolute atomic E-state index is 12.0. The quantitative estimate of drug-likeness (QED) is 0.613. The molecule has 1 aromatic rings. The Balaban J connectivity index is 3.23. The summed E-state index contributed by atoms with van der Waals surface area (Å²) in [5.41, 5.74) is 0.464. The van der Waals surface area contributed by atoms with Crippen molar-refractivity contribution >= 4 is 16.1 Å². The lowest BCUT2D eigenvalue weighted by molar-refractivity contribution is -0.131. The van der Waals surface area contributed by atoms with Crippen molar-refractivity contribution in [2.75, 3.05) is 6.61 Å². The van der Waals surface area contributed by atoms with Crippen LogP contribution in [0, 0.1) is 11.8 Å². The summed E-state index contributed by atoms with van der Waals surface area (Å²) in [6.45, 7) is 4.69. The van der Waals surface area contributed by atoms with Gasteiger partial charge >= 0.3 is 16.1 Å². The Hall–Kier alpha value is -2.00. The lowest BCUT2D eigenvalue weighted by Crippen LogP contribution is -2.13. The van der Waals surface area contributed by atoms with Crippen molar-refractivity contribution in [3.63, 3.8) is 0 Å². The van der Waals surface area contributed by atoms with E-state index in [1.807, 2.05) is 0 Å². The second-order valence-electron chi connectivity index (χ2n) is 3.83. The average Bonchev–Trinajstić information content (AvgIpc) is 2.37. The fraction of sp³-hybridized carbons (Fsp3) is 0.357. The van der Waals surface area contributed by atoms with Gasteiger partial charge in [-0.1, -0.05) is 18.9 Å². The SMILES string of the molecule is CC#CCOc1cccc(S(=O)(=O)OC(C)=O)c1CC. The first-order chi connectivity index (χ1) is 9.42. The molecule has 0 atom stereocenters. The third-order valence-corrected chi connectivity index (χ3v) is 3.79. The molecule has 108 valence electrons. The topological polar surface area (TPSA) is 69.7 Å². The van der Waals surface area contributed by atoms with Crippen LogP contribution < -0.4 is 4.74 Å². The number of hydrogen-bond donors (Lipinski definition) is 0. The minimum Gasteiger partial charge on any atom is -0.481 e. The molecule has 1 rings (SSSR count). The van der Waals surface area contributed by atoms with Gasteiger partial charge in [-0.2, -0.15) is 8.42 Å². The Morgan fingerprint density at radius 2 is 2.05 bits per heavy atom. The molecule has 6 heteroatoms. The van der Waals surface area contributed by atoms with Crippen LogP contribution in [0.1, 0.15) is 26.3 Å². The number of carbonyl (C=O) groups is 1. The van der Waals surface area contributed by atoms with Crippen LogP contribution in [0.2, 0.25) is 0 Å². The minimum absolute atomic E-state index is 0.0582. The number of ether oxygens (including phenoxy) is 1. The van der Waals surface area contributed by atoms with Gasteiger partial charge in [0.2, 0.25) is 0 Å². The van der Waals surface area contributed by atoms with E-state index in [1.165, 1.54) is 12.1 Å². The number of hydrogen-bond acceptors (Lipinski definition) is 5. The smallest absolute Gasteiger partial charge is 0.342 e. The van der Waals surface area contributed by atoms with Gasteiger partial charge in [0.05, 0.1) is 0 Å². The normalized spacial score (nSPS) is 10.3. The molecule has 0 aliphatic heterocycles. The van der Waals surface area contributed by atoms with E-state index in [-0.39, 0.29) is 11.5 Å². The van der Waals surface area contributed by atoms with Crippen LogP contribution in [-0.2, 0) is 25.5 Å². The Morgan fingerprint density at radius 3 is 2.60 bits per heavy atom. The molecule has 0 bridgehead atoms. The number of benzene rings is 1. The van der Waals surface area contributed by atoms with Crippen molar-refractivity contribution in [2.24, 2.45) is 0 Å². The molecule has 0 aromatic heterocycles. The largest absolute Gasteiger partial charge is 0.481 e. The average molecular weight is 296 g/mol. The van der Waals surface area contributed by atoms with Crippen LogP contribution in [0.5, 0.6) is 5.75 Å². The van der Waals surface area contributed by atoms with Crippen molar-refractivity contribution in [3.8, 4) is 17.6 Å². The summed E-state index contributed by atoms with van der Waals surface area (Å²) in [6, 6.07) is 4.57. The molecule has 0 amide bonds. The lowest BCUT2D eigenvalue weighted by Gasteiger charge is -2.13. The molecule has 0 fully saturated rings. The fourth-order valence-corrected chi connectivity index (χ4v) is 2.84. The highest BCUT2D eigenvalue weighted by atomic mass is 32.2. The Kier molecular flexibility index (Phi) is 5.59. The predicted molar refractivity (Wildman–Crippen MR) is 73.7 cm³/mol. The summed E-state index contributed by atoms with van der Waals surface area (Å²) in [7, 11) is -4.12. The van der Waals surface area contributed by atoms with Crippen molar-refractivity contribution < 1.29 is 22.1 Å². The maximum Gasteiger partial charge on any atom is 0.342 e. The van der Waals surface area contributed by atoms with Crippen LogP contribution in [0.25, 0.3) is 0 Å². The highest BCUT2D eigenvalue weighted by Gasteiger charge is 2.23. The third kappa shape index (κ3) is 4.00. The molecule has 0 N–H and O–H groups in total. The van der Waals surface area contributed by atoms with Gasteiger partial charge in [0.25, 0.3) is 0 Å². The van der Waals surface area contributed by atoms with Crippen LogP contribution >= 0.6 is 0 Å². The number of carbonyl (C=O) groups excluding carboxylic acids is 1. The molecule has 0 unspecified atom stereocenters. The van der Waals surface area contributed by atoms with Crippen LogP contribution in [0.15, 0.2) is 23.1 Å². The molecule has 0 aliphatic carbocycles. The first-order valence-electron chi connectivity index (χ1n) is 6.01. The van der Waals surface area contributed by atoms with Crippen LogP contribution in [-0.4, -0.2) is 21.0 Å². The van der Waals surface area contributed by atoms with E-state index >= 15 is 0 Å². The zero-order chi connectivity index (χ0) is 15.2. The van der Waals surface area contributed by atoms with Crippen LogP contribution in [0.4, 0.5) is 0 Å². The summed E-state index contributed by atoms with van der Waals surface area (Å²) in [6.07, 6.45) is 0.422. The molecule has 0 saturated heterocycles. The molecule has 0 heterocycles. The highest BCUT2D eigenvalue weighted by molar-refractivity contribution is 7.87. The molecule has 0 aliphatic rings. The van der Waals surface area contributed by atoms with Gasteiger partial charge in [-0.25, -0.2) is 0 Å². The van der Waals surface area contributed by atoms with Gasteiger partial charge in [-0.15, -0.1) is 5.92 Å². The van der Waals surface area contributed by atoms with E-state index in [0.717, 1.165) is 6.92 Å². The first kappa shape index (κ1) is 16.1. The second-order valence-corrected chi connectivity index (χ2v) is 5.35. The molecule has 1 aromatic carbocycles. The summed E-state index contributed by atoms with van der Waals surface area (Å²) in [5.74, 6) is 4.96. The standard InChI is InChI=1S/C14H16O5S/c1-4-6-10-18-13-8-7-9-14(12(13)5-2)20(16,17)19-11(3)15/h7-9H,5,10H2,1-3H3. The van der Waals surface area contributed by atoms with Crippen molar-refractivity contribution in [1.82, 2.24) is 0 Å². The van der Waals surface area contributed by atoms with Gasteiger partial charge in [0.15, 0.2) is 0 Å². The lowest BCUT2D eigenvalue weighted by atomic mass is 10.1. The van der Waals surface area contributed by atoms with Crippen molar-refractivity contribution in [2.45, 2.75) is 32.1 Å². The summed E-state index contributed by atoms with van der Waals surface area (Å²) in [4.78, 5) is 10.8. The molecular weight excluding hydrogens is 280 g/mol. The van der Waals surface area contributed by atoms with E-state index in [0.29, 0.717) is 17.7 Å². The summed E-state index contributed by atoms with van der Waals surface area (Å²) in [5, 5.41) is 0. The molecule has 0 saturated carbocycles. The predicted octanol–water partition coefficient (Wildman–Crippen LogP) is 1.90. The van der Waals surface area contributed by atoms with Gasteiger partial charge in [0.1, 0.15) is 17.3 Å². The molecule has 5 nitrogen and oxygen atoms in total. The first-order valence-corrected chi connectivity index (χ1v) is 7.42. The molecule has 0 spiro atoms. The molecular formula is C14H16O5S. The Bertz CT molecular complexity index is 650. The van der Waals surface area contributed by atoms with Gasteiger partial charge < -0.3 is 8.92 Å². The maximum atomic E-state index is 12.0. The second kappa shape index (κ2) is 6.96. The zero-order valence-electron chi connectivity index (χ0n) is 11.6.